The summed E-state index contributed by atoms with van der Waals surface area (Å²) in [6.45, 7) is 2.08. The van der Waals surface area contributed by atoms with E-state index in [-0.39, 0.29) is 0 Å². The summed E-state index contributed by atoms with van der Waals surface area (Å²) in [6, 6.07) is 0.379. The van der Waals surface area contributed by atoms with Gasteiger partial charge in [0.05, 0.1) is 0 Å². The molecule has 2 N–H and O–H groups in total. The van der Waals surface area contributed by atoms with E-state index in [1.54, 1.807) is 0 Å². The lowest BCUT2D eigenvalue weighted by Gasteiger charge is -2.44. The van der Waals surface area contributed by atoms with Gasteiger partial charge < -0.3 is 10.6 Å². The van der Waals surface area contributed by atoms with Crippen molar-refractivity contribution < 1.29 is 4.79 Å². The minimum atomic E-state index is 0.292. The second-order valence-electron chi connectivity index (χ2n) is 8.06. The molecule has 2 unspecified atom stereocenters. The summed E-state index contributed by atoms with van der Waals surface area (Å²) in [4.78, 5) is 15.1. The summed E-state index contributed by atoms with van der Waals surface area (Å²) in [5.74, 6) is 2.01. The Morgan fingerprint density at radius 3 is 2.30 bits per heavy atom. The van der Waals surface area contributed by atoms with Gasteiger partial charge in [-0.15, -0.1) is 0 Å². The van der Waals surface area contributed by atoms with E-state index in [1.807, 2.05) is 0 Å². The van der Waals surface area contributed by atoms with Crippen molar-refractivity contribution in [1.29, 1.82) is 0 Å². The van der Waals surface area contributed by atoms with Gasteiger partial charge in [-0.25, -0.2) is 0 Å². The number of nitrogens with zero attached hydrogens (tertiary/aromatic N) is 1. The van der Waals surface area contributed by atoms with E-state index < -0.39 is 0 Å². The van der Waals surface area contributed by atoms with Crippen LogP contribution in [0.25, 0.3) is 0 Å². The SMILES string of the molecule is NC1C2CCCC1CC(C(=O)N1CCC3(CCC3)C1)C2. The molecule has 112 valence electrons. The highest BCUT2D eigenvalue weighted by Gasteiger charge is 2.47. The van der Waals surface area contributed by atoms with Crippen LogP contribution in [-0.2, 0) is 4.79 Å². The van der Waals surface area contributed by atoms with Gasteiger partial charge in [0.2, 0.25) is 5.91 Å². The van der Waals surface area contributed by atoms with Gasteiger partial charge in [-0.05, 0) is 62.2 Å². The predicted octanol–water partition coefficient (Wildman–Crippen LogP) is 2.54. The molecule has 1 heterocycles. The first-order valence-electron chi connectivity index (χ1n) is 8.71. The Balaban J connectivity index is 1.42. The normalized spacial score (nSPS) is 42.5. The second-order valence-corrected chi connectivity index (χ2v) is 8.06. The smallest absolute Gasteiger partial charge is 0.225 e. The van der Waals surface area contributed by atoms with Crippen molar-refractivity contribution in [2.75, 3.05) is 13.1 Å². The fraction of sp³-hybridized carbons (Fsp3) is 0.941. The number of carbonyl (C=O) groups excluding carboxylic acids is 1. The van der Waals surface area contributed by atoms with Crippen molar-refractivity contribution in [2.24, 2.45) is 28.9 Å². The molecule has 3 nitrogen and oxygen atoms in total. The lowest BCUT2D eigenvalue weighted by molar-refractivity contribution is -0.138. The molecular formula is C17H28N2O. The Bertz CT molecular complexity index is 390. The van der Waals surface area contributed by atoms with Crippen molar-refractivity contribution in [2.45, 2.75) is 63.8 Å². The molecule has 1 spiro atoms. The molecule has 4 fully saturated rings. The van der Waals surface area contributed by atoms with Gasteiger partial charge in [-0.3, -0.25) is 4.79 Å². The number of rotatable bonds is 1. The number of nitrogens with two attached hydrogens (primary N) is 1. The number of hydrogen-bond donors (Lipinski definition) is 1. The lowest BCUT2D eigenvalue weighted by atomic mass is 9.65. The fourth-order valence-electron chi connectivity index (χ4n) is 5.46. The number of carbonyl (C=O) groups is 1. The topological polar surface area (TPSA) is 46.3 Å². The average Bonchev–Trinajstić information content (AvgIpc) is 2.83. The first-order chi connectivity index (χ1) is 9.67. The molecule has 2 bridgehead atoms. The largest absolute Gasteiger partial charge is 0.342 e. The molecule has 2 atom stereocenters. The number of likely N-dealkylation sites (tertiary alicyclic amines) is 1. The van der Waals surface area contributed by atoms with Crippen molar-refractivity contribution in [3.8, 4) is 0 Å². The van der Waals surface area contributed by atoms with Crippen LogP contribution in [0.2, 0.25) is 0 Å². The fourth-order valence-corrected chi connectivity index (χ4v) is 5.46. The summed E-state index contributed by atoms with van der Waals surface area (Å²) in [5, 5.41) is 0. The van der Waals surface area contributed by atoms with Crippen molar-refractivity contribution in [3.63, 3.8) is 0 Å². The highest BCUT2D eigenvalue weighted by Crippen LogP contribution is 2.49. The molecule has 0 aromatic heterocycles. The van der Waals surface area contributed by atoms with E-state index in [4.69, 9.17) is 5.73 Å². The Hall–Kier alpha value is -0.570. The molecule has 4 aliphatic rings. The van der Waals surface area contributed by atoms with Crippen LogP contribution in [0.15, 0.2) is 0 Å². The zero-order chi connectivity index (χ0) is 13.7. The molecule has 20 heavy (non-hydrogen) atoms. The van der Waals surface area contributed by atoms with E-state index >= 15 is 0 Å². The molecule has 0 radical (unpaired) electrons. The Kier molecular flexibility index (Phi) is 3.10. The molecule has 4 rings (SSSR count). The van der Waals surface area contributed by atoms with E-state index in [2.05, 4.69) is 4.90 Å². The van der Waals surface area contributed by atoms with Crippen LogP contribution in [0.4, 0.5) is 0 Å². The van der Waals surface area contributed by atoms with Gasteiger partial charge in [0.25, 0.3) is 0 Å². The van der Waals surface area contributed by atoms with E-state index in [9.17, 15) is 4.79 Å². The lowest BCUT2D eigenvalue weighted by Crippen LogP contribution is -2.49. The van der Waals surface area contributed by atoms with Gasteiger partial charge >= 0.3 is 0 Å². The molecule has 3 saturated carbocycles. The van der Waals surface area contributed by atoms with Crippen LogP contribution in [-0.4, -0.2) is 29.9 Å². The van der Waals surface area contributed by atoms with E-state index in [0.717, 1.165) is 25.9 Å². The Morgan fingerprint density at radius 2 is 1.75 bits per heavy atom. The maximum absolute atomic E-state index is 12.9. The Morgan fingerprint density at radius 1 is 1.05 bits per heavy atom. The first kappa shape index (κ1) is 13.1. The zero-order valence-corrected chi connectivity index (χ0v) is 12.5. The predicted molar refractivity (Wildman–Crippen MR) is 79.0 cm³/mol. The second kappa shape index (κ2) is 4.72. The molecule has 3 aliphatic carbocycles. The maximum Gasteiger partial charge on any atom is 0.225 e. The third kappa shape index (κ3) is 2.01. The van der Waals surface area contributed by atoms with Crippen LogP contribution >= 0.6 is 0 Å². The van der Waals surface area contributed by atoms with Gasteiger partial charge in [-0.1, -0.05) is 12.8 Å². The molecule has 3 heteroatoms. The van der Waals surface area contributed by atoms with Gasteiger partial charge in [-0.2, -0.15) is 0 Å². The van der Waals surface area contributed by atoms with Crippen LogP contribution in [0.1, 0.15) is 57.8 Å². The van der Waals surface area contributed by atoms with Crippen LogP contribution in [0.3, 0.4) is 0 Å². The quantitative estimate of drug-likeness (QED) is 0.800. The molecule has 1 aliphatic heterocycles. The molecule has 0 aromatic rings. The third-order valence-electron chi connectivity index (χ3n) is 6.93. The maximum atomic E-state index is 12.9. The highest BCUT2D eigenvalue weighted by molar-refractivity contribution is 5.79. The highest BCUT2D eigenvalue weighted by atomic mass is 16.2. The van der Waals surface area contributed by atoms with Crippen molar-refractivity contribution in [1.82, 2.24) is 4.90 Å². The van der Waals surface area contributed by atoms with Crippen LogP contribution in [0.5, 0.6) is 0 Å². The summed E-state index contributed by atoms with van der Waals surface area (Å²) in [5.41, 5.74) is 6.89. The minimum absolute atomic E-state index is 0.292. The van der Waals surface area contributed by atoms with Gasteiger partial charge in [0.15, 0.2) is 0 Å². The number of amides is 1. The molecule has 1 saturated heterocycles. The van der Waals surface area contributed by atoms with Crippen LogP contribution < -0.4 is 5.73 Å². The van der Waals surface area contributed by atoms with Gasteiger partial charge in [0, 0.05) is 25.0 Å². The van der Waals surface area contributed by atoms with Crippen molar-refractivity contribution >= 4 is 5.91 Å². The summed E-state index contributed by atoms with van der Waals surface area (Å²) in [7, 11) is 0. The van der Waals surface area contributed by atoms with Crippen LogP contribution in [0, 0.1) is 23.2 Å². The molecule has 1 amide bonds. The van der Waals surface area contributed by atoms with Crippen molar-refractivity contribution in [3.05, 3.63) is 0 Å². The Labute approximate surface area is 122 Å². The summed E-state index contributed by atoms with van der Waals surface area (Å²) in [6.07, 6.45) is 11.3. The van der Waals surface area contributed by atoms with E-state index in [0.29, 0.717) is 35.1 Å². The monoisotopic (exact) mass is 276 g/mol. The zero-order valence-electron chi connectivity index (χ0n) is 12.5. The average molecular weight is 276 g/mol. The van der Waals surface area contributed by atoms with Gasteiger partial charge in [0.1, 0.15) is 0 Å². The standard InChI is InChI=1S/C17H28N2O/c18-15-12-3-1-4-13(15)10-14(9-12)16(20)19-8-7-17(11-19)5-2-6-17/h12-15H,1-11,18H2. The third-order valence-corrected chi connectivity index (χ3v) is 6.93. The van der Waals surface area contributed by atoms with E-state index in [1.165, 1.54) is 44.9 Å². The number of hydrogen-bond acceptors (Lipinski definition) is 2. The summed E-state index contributed by atoms with van der Waals surface area (Å²) < 4.78 is 0. The number of fused-ring (bicyclic) bond motifs is 2. The molecule has 0 aromatic carbocycles. The molecular weight excluding hydrogens is 248 g/mol. The first-order valence-corrected chi connectivity index (χ1v) is 8.71. The minimum Gasteiger partial charge on any atom is -0.342 e. The summed E-state index contributed by atoms with van der Waals surface area (Å²) >= 11 is 0.